The van der Waals surface area contributed by atoms with Gasteiger partial charge in [-0.3, -0.25) is 4.79 Å². The Balaban J connectivity index is 1.61. The summed E-state index contributed by atoms with van der Waals surface area (Å²) >= 11 is 0. The van der Waals surface area contributed by atoms with Crippen LogP contribution in [0.4, 0.5) is 0 Å². The molecule has 7 heteroatoms. The highest BCUT2D eigenvalue weighted by Crippen LogP contribution is 2.35. The Bertz CT molecular complexity index is 799. The van der Waals surface area contributed by atoms with Gasteiger partial charge in [0.05, 0.1) is 13.7 Å². The lowest BCUT2D eigenvalue weighted by Crippen LogP contribution is -2.50. The number of ether oxygens (including phenoxy) is 2. The zero-order valence-electron chi connectivity index (χ0n) is 20.4. The van der Waals surface area contributed by atoms with Crippen LogP contribution in [-0.4, -0.2) is 55.7 Å². The molecule has 0 aromatic heterocycles. The van der Waals surface area contributed by atoms with Crippen LogP contribution in [0.5, 0.6) is 11.5 Å². The molecule has 2 aliphatic rings. The number of methoxy groups -OCH3 is 1. The van der Waals surface area contributed by atoms with Gasteiger partial charge in [-0.15, -0.1) is 0 Å². The van der Waals surface area contributed by atoms with Gasteiger partial charge in [-0.1, -0.05) is 13.8 Å². The minimum Gasteiger partial charge on any atom is -0.496 e. The summed E-state index contributed by atoms with van der Waals surface area (Å²) in [4.78, 5) is 19.5. The molecular formula is C25H40N4O3. The van der Waals surface area contributed by atoms with E-state index < -0.39 is 0 Å². The Morgan fingerprint density at radius 3 is 2.59 bits per heavy atom. The second kappa shape index (κ2) is 11.4. The van der Waals surface area contributed by atoms with Crippen LogP contribution < -0.4 is 20.1 Å². The maximum atomic E-state index is 12.7. The van der Waals surface area contributed by atoms with Crippen molar-refractivity contribution in [2.75, 3.05) is 26.7 Å². The first-order chi connectivity index (χ1) is 15.5. The average Bonchev–Trinajstić information content (AvgIpc) is 3.16. The van der Waals surface area contributed by atoms with E-state index in [1.165, 1.54) is 5.56 Å². The topological polar surface area (TPSA) is 75.2 Å². The Kier molecular flexibility index (Phi) is 8.65. The average molecular weight is 445 g/mol. The number of amides is 1. The van der Waals surface area contributed by atoms with Gasteiger partial charge in [0.25, 0.3) is 0 Å². The van der Waals surface area contributed by atoms with Crippen LogP contribution in [0.15, 0.2) is 17.1 Å². The lowest BCUT2D eigenvalue weighted by molar-refractivity contribution is -0.136. The largest absolute Gasteiger partial charge is 0.496 e. The Morgan fingerprint density at radius 2 is 1.97 bits per heavy atom. The SMILES string of the molecule is CCNC(=NCc1cc2c(cc1OC)CC(C)O2)NC1CCN(C(=O)C(CC)CC)CC1. The van der Waals surface area contributed by atoms with Crippen molar-refractivity contribution in [1.82, 2.24) is 15.5 Å². The zero-order valence-corrected chi connectivity index (χ0v) is 20.4. The van der Waals surface area contributed by atoms with Crippen LogP contribution in [-0.2, 0) is 17.8 Å². The molecule has 3 rings (SSSR count). The molecule has 0 saturated carbocycles. The molecule has 0 spiro atoms. The van der Waals surface area contributed by atoms with Gasteiger partial charge in [-0.25, -0.2) is 4.99 Å². The first-order valence-corrected chi connectivity index (χ1v) is 12.2. The molecule has 0 aliphatic carbocycles. The summed E-state index contributed by atoms with van der Waals surface area (Å²) in [6, 6.07) is 4.45. The number of nitrogens with one attached hydrogen (secondary N) is 2. The second-order valence-corrected chi connectivity index (χ2v) is 8.86. The first kappa shape index (κ1) is 24.2. The fourth-order valence-corrected chi connectivity index (χ4v) is 4.61. The predicted octanol–water partition coefficient (Wildman–Crippen LogP) is 3.50. The van der Waals surface area contributed by atoms with Gasteiger partial charge < -0.3 is 25.0 Å². The van der Waals surface area contributed by atoms with E-state index in [-0.39, 0.29) is 12.0 Å². The molecule has 0 radical (unpaired) electrons. The van der Waals surface area contributed by atoms with E-state index in [1.807, 2.05) is 4.90 Å². The number of fused-ring (bicyclic) bond motifs is 1. The van der Waals surface area contributed by atoms with Crippen LogP contribution in [0.1, 0.15) is 64.5 Å². The van der Waals surface area contributed by atoms with E-state index in [0.717, 1.165) is 74.8 Å². The third-order valence-corrected chi connectivity index (χ3v) is 6.53. The van der Waals surface area contributed by atoms with Gasteiger partial charge in [0.1, 0.15) is 17.6 Å². The number of aliphatic imine (C=N–C) groups is 1. The van der Waals surface area contributed by atoms with Crippen LogP contribution >= 0.6 is 0 Å². The van der Waals surface area contributed by atoms with Gasteiger partial charge >= 0.3 is 0 Å². The van der Waals surface area contributed by atoms with Crippen molar-refractivity contribution in [2.45, 2.75) is 78.5 Å². The molecule has 0 bridgehead atoms. The summed E-state index contributed by atoms with van der Waals surface area (Å²) in [6.45, 7) is 11.3. The van der Waals surface area contributed by atoms with Crippen LogP contribution in [0, 0.1) is 5.92 Å². The quantitative estimate of drug-likeness (QED) is 0.474. The minimum absolute atomic E-state index is 0.160. The van der Waals surface area contributed by atoms with Gasteiger partial charge in [0.2, 0.25) is 5.91 Å². The van der Waals surface area contributed by atoms with Gasteiger partial charge in [-0.05, 0) is 51.7 Å². The monoisotopic (exact) mass is 444 g/mol. The fourth-order valence-electron chi connectivity index (χ4n) is 4.61. The summed E-state index contributed by atoms with van der Waals surface area (Å²) in [6.07, 6.45) is 4.82. The molecule has 1 unspecified atom stereocenters. The first-order valence-electron chi connectivity index (χ1n) is 12.2. The summed E-state index contributed by atoms with van der Waals surface area (Å²) in [5.74, 6) is 3.07. The second-order valence-electron chi connectivity index (χ2n) is 8.86. The highest BCUT2D eigenvalue weighted by molar-refractivity contribution is 5.80. The zero-order chi connectivity index (χ0) is 23.1. The summed E-state index contributed by atoms with van der Waals surface area (Å²) in [5.41, 5.74) is 2.21. The van der Waals surface area contributed by atoms with E-state index in [1.54, 1.807) is 7.11 Å². The van der Waals surface area contributed by atoms with Crippen molar-refractivity contribution in [1.29, 1.82) is 0 Å². The number of carbonyl (C=O) groups excluding carboxylic acids is 1. The van der Waals surface area contributed by atoms with E-state index in [0.29, 0.717) is 18.5 Å². The Labute approximate surface area is 192 Å². The maximum Gasteiger partial charge on any atom is 0.225 e. The molecule has 1 aromatic carbocycles. The molecule has 1 aromatic rings. The van der Waals surface area contributed by atoms with Gasteiger partial charge in [-0.2, -0.15) is 0 Å². The van der Waals surface area contributed by atoms with Gasteiger partial charge in [0, 0.05) is 49.1 Å². The molecule has 2 N–H and O–H groups in total. The molecule has 1 fully saturated rings. The molecular weight excluding hydrogens is 404 g/mol. The number of hydrogen-bond acceptors (Lipinski definition) is 4. The summed E-state index contributed by atoms with van der Waals surface area (Å²) in [5, 5.41) is 6.92. The van der Waals surface area contributed by atoms with Crippen molar-refractivity contribution in [3.05, 3.63) is 23.3 Å². The number of nitrogens with zero attached hydrogens (tertiary/aromatic N) is 2. The number of benzene rings is 1. The normalized spacial score (nSPS) is 19.0. The Morgan fingerprint density at radius 1 is 1.25 bits per heavy atom. The third kappa shape index (κ3) is 5.87. The van der Waals surface area contributed by atoms with Crippen molar-refractivity contribution in [3.8, 4) is 11.5 Å². The molecule has 7 nitrogen and oxygen atoms in total. The summed E-state index contributed by atoms with van der Waals surface area (Å²) < 4.78 is 11.5. The molecule has 1 saturated heterocycles. The fraction of sp³-hybridized carbons (Fsp3) is 0.680. The van der Waals surface area contributed by atoms with E-state index in [9.17, 15) is 4.79 Å². The van der Waals surface area contributed by atoms with Crippen LogP contribution in [0.25, 0.3) is 0 Å². The van der Waals surface area contributed by atoms with E-state index >= 15 is 0 Å². The molecule has 2 aliphatic heterocycles. The van der Waals surface area contributed by atoms with Crippen molar-refractivity contribution in [3.63, 3.8) is 0 Å². The summed E-state index contributed by atoms with van der Waals surface area (Å²) in [7, 11) is 1.70. The number of likely N-dealkylation sites (tertiary alicyclic amines) is 1. The predicted molar refractivity (Wildman–Crippen MR) is 128 cm³/mol. The number of hydrogen-bond donors (Lipinski definition) is 2. The van der Waals surface area contributed by atoms with E-state index in [4.69, 9.17) is 14.5 Å². The third-order valence-electron chi connectivity index (χ3n) is 6.53. The maximum absolute atomic E-state index is 12.7. The van der Waals surface area contributed by atoms with Gasteiger partial charge in [0.15, 0.2) is 5.96 Å². The smallest absolute Gasteiger partial charge is 0.225 e. The standard InChI is InChI=1S/C25H40N4O3/c1-6-18(7-2)24(30)29-11-9-21(10-12-29)28-25(26-8-3)27-16-20-15-23-19(13-17(4)32-23)14-22(20)31-5/h14-15,17-18,21H,6-13,16H2,1-5H3,(H2,26,27,28). The number of rotatable bonds is 8. The van der Waals surface area contributed by atoms with Crippen LogP contribution in [0.3, 0.4) is 0 Å². The highest BCUT2D eigenvalue weighted by atomic mass is 16.5. The van der Waals surface area contributed by atoms with Crippen LogP contribution in [0.2, 0.25) is 0 Å². The molecule has 178 valence electrons. The number of piperidine rings is 1. The van der Waals surface area contributed by atoms with Crippen molar-refractivity contribution in [2.24, 2.45) is 10.9 Å². The number of guanidine groups is 1. The number of carbonyl (C=O) groups is 1. The molecule has 2 heterocycles. The van der Waals surface area contributed by atoms with E-state index in [2.05, 4.69) is 50.5 Å². The van der Waals surface area contributed by atoms with Crippen molar-refractivity contribution < 1.29 is 14.3 Å². The Hall–Kier alpha value is -2.44. The lowest BCUT2D eigenvalue weighted by Gasteiger charge is -2.34. The van der Waals surface area contributed by atoms with Crippen molar-refractivity contribution >= 4 is 11.9 Å². The molecule has 1 atom stereocenters. The highest BCUT2D eigenvalue weighted by Gasteiger charge is 2.27. The lowest BCUT2D eigenvalue weighted by atomic mass is 9.98. The molecule has 32 heavy (non-hydrogen) atoms. The molecule has 1 amide bonds. The minimum atomic E-state index is 0.160.